The van der Waals surface area contributed by atoms with Crippen molar-refractivity contribution < 1.29 is 4.79 Å². The maximum atomic E-state index is 12.9. The van der Waals surface area contributed by atoms with Gasteiger partial charge in [0.15, 0.2) is 0 Å². The lowest BCUT2D eigenvalue weighted by Gasteiger charge is -2.37. The van der Waals surface area contributed by atoms with E-state index in [9.17, 15) is 4.79 Å². The number of amides is 1. The molecule has 1 heterocycles. The first kappa shape index (κ1) is 14.8. The van der Waals surface area contributed by atoms with Crippen molar-refractivity contribution in [3.8, 4) is 0 Å². The number of rotatable bonds is 4. The quantitative estimate of drug-likeness (QED) is 0.848. The molecular weight excluding hydrogens is 236 g/mol. The summed E-state index contributed by atoms with van der Waals surface area (Å²) in [5, 5.41) is 3.41. The van der Waals surface area contributed by atoms with E-state index in [4.69, 9.17) is 0 Å². The maximum Gasteiger partial charge on any atom is 0.228 e. The van der Waals surface area contributed by atoms with Crippen LogP contribution in [0.3, 0.4) is 0 Å². The van der Waals surface area contributed by atoms with E-state index in [1.165, 1.54) is 25.7 Å². The van der Waals surface area contributed by atoms with Crippen molar-refractivity contribution in [1.29, 1.82) is 0 Å². The maximum absolute atomic E-state index is 12.9. The molecule has 2 rings (SSSR count). The molecule has 0 aromatic rings. The van der Waals surface area contributed by atoms with Crippen LogP contribution in [-0.2, 0) is 4.79 Å². The number of nitrogens with one attached hydrogen (secondary N) is 1. The Balaban J connectivity index is 2.00. The lowest BCUT2D eigenvalue weighted by molar-refractivity contribution is -0.143. The van der Waals surface area contributed by atoms with Crippen LogP contribution in [0, 0.1) is 11.3 Å². The van der Waals surface area contributed by atoms with E-state index in [0.717, 1.165) is 32.5 Å². The van der Waals surface area contributed by atoms with Crippen molar-refractivity contribution in [1.82, 2.24) is 10.2 Å². The molecule has 1 saturated heterocycles. The van der Waals surface area contributed by atoms with Crippen LogP contribution in [0.15, 0.2) is 0 Å². The number of nitrogens with zero attached hydrogens (tertiary/aromatic N) is 1. The largest absolute Gasteiger partial charge is 0.340 e. The smallest absolute Gasteiger partial charge is 0.228 e. The summed E-state index contributed by atoms with van der Waals surface area (Å²) in [6, 6.07) is 0.333. The third kappa shape index (κ3) is 3.50. The first-order valence-electron chi connectivity index (χ1n) is 8.05. The minimum Gasteiger partial charge on any atom is -0.340 e. The van der Waals surface area contributed by atoms with Crippen LogP contribution in [0.25, 0.3) is 0 Å². The van der Waals surface area contributed by atoms with Gasteiger partial charge in [-0.3, -0.25) is 4.79 Å². The van der Waals surface area contributed by atoms with E-state index >= 15 is 0 Å². The molecule has 0 bridgehead atoms. The molecular formula is C16H30N2O. The first-order chi connectivity index (χ1) is 9.03. The zero-order valence-electron chi connectivity index (χ0n) is 12.9. The fourth-order valence-electron chi connectivity index (χ4n) is 3.59. The van der Waals surface area contributed by atoms with Gasteiger partial charge < -0.3 is 10.2 Å². The highest BCUT2D eigenvalue weighted by Gasteiger charge is 2.40. The third-order valence-corrected chi connectivity index (χ3v) is 5.02. The van der Waals surface area contributed by atoms with Crippen molar-refractivity contribution >= 4 is 5.91 Å². The monoisotopic (exact) mass is 266 g/mol. The van der Waals surface area contributed by atoms with Crippen LogP contribution in [0.1, 0.15) is 59.3 Å². The van der Waals surface area contributed by atoms with Crippen LogP contribution in [-0.4, -0.2) is 36.5 Å². The Morgan fingerprint density at radius 3 is 2.37 bits per heavy atom. The molecule has 1 aliphatic carbocycles. The number of piperidine rings is 1. The third-order valence-electron chi connectivity index (χ3n) is 5.02. The Bertz CT molecular complexity index is 302. The minimum absolute atomic E-state index is 0.0722. The number of carbonyl (C=O) groups is 1. The molecule has 1 aliphatic heterocycles. The fourth-order valence-corrected chi connectivity index (χ4v) is 3.59. The lowest BCUT2D eigenvalue weighted by Crippen LogP contribution is -2.48. The fraction of sp³-hybridized carbons (Fsp3) is 0.938. The molecule has 0 aromatic carbocycles. The van der Waals surface area contributed by atoms with Crippen LogP contribution < -0.4 is 5.32 Å². The minimum atomic E-state index is -0.0722. The van der Waals surface area contributed by atoms with Gasteiger partial charge in [-0.15, -0.1) is 0 Å². The van der Waals surface area contributed by atoms with Gasteiger partial charge in [-0.25, -0.2) is 0 Å². The highest BCUT2D eigenvalue weighted by molar-refractivity contribution is 5.82. The van der Waals surface area contributed by atoms with Gasteiger partial charge in [0.1, 0.15) is 0 Å². The van der Waals surface area contributed by atoms with Crippen molar-refractivity contribution in [2.24, 2.45) is 11.3 Å². The van der Waals surface area contributed by atoms with Gasteiger partial charge in [-0.1, -0.05) is 19.8 Å². The Morgan fingerprint density at radius 2 is 1.84 bits per heavy atom. The number of hydrogen-bond donors (Lipinski definition) is 1. The van der Waals surface area contributed by atoms with Gasteiger partial charge in [0, 0.05) is 18.0 Å². The summed E-state index contributed by atoms with van der Waals surface area (Å²) in [5.74, 6) is 1.11. The Labute approximate surface area is 118 Å². The zero-order chi connectivity index (χ0) is 13.9. The van der Waals surface area contributed by atoms with Gasteiger partial charge in [0.25, 0.3) is 0 Å². The Morgan fingerprint density at radius 1 is 1.26 bits per heavy atom. The molecule has 0 unspecified atom stereocenters. The van der Waals surface area contributed by atoms with E-state index in [-0.39, 0.29) is 5.41 Å². The second kappa shape index (κ2) is 6.25. The summed E-state index contributed by atoms with van der Waals surface area (Å²) >= 11 is 0. The predicted molar refractivity (Wildman–Crippen MR) is 79.0 cm³/mol. The molecule has 3 nitrogen and oxygen atoms in total. The van der Waals surface area contributed by atoms with E-state index < -0.39 is 0 Å². The van der Waals surface area contributed by atoms with Crippen LogP contribution >= 0.6 is 0 Å². The SMILES string of the molecule is CC(C)N(CC1CCNCC1)C(=O)C1(C)CCCC1. The molecule has 2 fully saturated rings. The van der Waals surface area contributed by atoms with Gasteiger partial charge in [0.05, 0.1) is 0 Å². The normalized spacial score (nSPS) is 23.8. The summed E-state index contributed by atoms with van der Waals surface area (Å²) < 4.78 is 0. The summed E-state index contributed by atoms with van der Waals surface area (Å²) in [4.78, 5) is 15.1. The summed E-state index contributed by atoms with van der Waals surface area (Å²) in [5.41, 5.74) is -0.0722. The molecule has 0 aromatic heterocycles. The number of carbonyl (C=O) groups excluding carboxylic acids is 1. The van der Waals surface area contributed by atoms with Crippen molar-refractivity contribution in [2.75, 3.05) is 19.6 Å². The summed E-state index contributed by atoms with van der Waals surface area (Å²) in [6.45, 7) is 9.70. The van der Waals surface area contributed by atoms with Gasteiger partial charge >= 0.3 is 0 Å². The van der Waals surface area contributed by atoms with Crippen LogP contribution in [0.4, 0.5) is 0 Å². The number of hydrogen-bond acceptors (Lipinski definition) is 2. The van der Waals surface area contributed by atoms with Crippen LogP contribution in [0.2, 0.25) is 0 Å². The summed E-state index contributed by atoms with van der Waals surface area (Å²) in [7, 11) is 0. The topological polar surface area (TPSA) is 32.3 Å². The molecule has 2 aliphatic rings. The standard InChI is InChI=1S/C16H30N2O/c1-13(2)18(12-14-6-10-17-11-7-14)15(19)16(3)8-4-5-9-16/h13-14,17H,4-12H2,1-3H3. The lowest BCUT2D eigenvalue weighted by atomic mass is 9.86. The second-order valence-electron chi connectivity index (χ2n) is 7.01. The van der Waals surface area contributed by atoms with E-state index in [1.54, 1.807) is 0 Å². The van der Waals surface area contributed by atoms with E-state index in [1.807, 2.05) is 0 Å². The molecule has 0 spiro atoms. The van der Waals surface area contributed by atoms with Crippen molar-refractivity contribution in [2.45, 2.75) is 65.3 Å². The highest BCUT2D eigenvalue weighted by atomic mass is 16.2. The van der Waals surface area contributed by atoms with Crippen molar-refractivity contribution in [3.05, 3.63) is 0 Å². The average Bonchev–Trinajstić information content (AvgIpc) is 2.84. The van der Waals surface area contributed by atoms with Crippen molar-refractivity contribution in [3.63, 3.8) is 0 Å². The molecule has 19 heavy (non-hydrogen) atoms. The Hall–Kier alpha value is -0.570. The van der Waals surface area contributed by atoms with E-state index in [2.05, 4.69) is 31.0 Å². The predicted octanol–water partition coefficient (Wildman–Crippen LogP) is 2.80. The zero-order valence-corrected chi connectivity index (χ0v) is 12.9. The molecule has 0 atom stereocenters. The average molecular weight is 266 g/mol. The molecule has 3 heteroatoms. The highest BCUT2D eigenvalue weighted by Crippen LogP contribution is 2.39. The molecule has 1 N–H and O–H groups in total. The Kier molecular flexibility index (Phi) is 4.88. The summed E-state index contributed by atoms with van der Waals surface area (Å²) in [6.07, 6.45) is 7.05. The van der Waals surface area contributed by atoms with E-state index in [0.29, 0.717) is 17.9 Å². The van der Waals surface area contributed by atoms with Crippen LogP contribution in [0.5, 0.6) is 0 Å². The second-order valence-corrected chi connectivity index (χ2v) is 7.01. The van der Waals surface area contributed by atoms with Gasteiger partial charge in [-0.05, 0) is 58.5 Å². The molecule has 0 radical (unpaired) electrons. The molecule has 1 saturated carbocycles. The van der Waals surface area contributed by atoms with Gasteiger partial charge in [-0.2, -0.15) is 0 Å². The molecule has 1 amide bonds. The van der Waals surface area contributed by atoms with Gasteiger partial charge in [0.2, 0.25) is 5.91 Å². The first-order valence-corrected chi connectivity index (χ1v) is 8.05. The molecule has 110 valence electrons.